The molecule has 0 aliphatic rings. The van der Waals surface area contributed by atoms with E-state index >= 15 is 0 Å². The fraction of sp³-hybridized carbons (Fsp3) is 0.267. The minimum absolute atomic E-state index is 0.124. The molecule has 6 heteroatoms. The van der Waals surface area contributed by atoms with E-state index in [4.69, 9.17) is 5.11 Å². The van der Waals surface area contributed by atoms with E-state index in [1.807, 2.05) is 0 Å². The number of benzene rings is 1. The Morgan fingerprint density at radius 1 is 1.19 bits per heavy atom. The molecule has 0 aliphatic carbocycles. The van der Waals surface area contributed by atoms with Crippen LogP contribution in [0.15, 0.2) is 43.0 Å². The number of carboxylic acids is 1. The molecule has 112 valence electrons. The molecular formula is C15H18N2O4. The van der Waals surface area contributed by atoms with Crippen LogP contribution in [0.4, 0.5) is 0 Å². The predicted octanol–water partition coefficient (Wildman–Crippen LogP) is 0.858. The highest BCUT2D eigenvalue weighted by molar-refractivity contribution is 5.96. The number of amides is 2. The van der Waals surface area contributed by atoms with Crippen LogP contribution in [0.3, 0.4) is 0 Å². The summed E-state index contributed by atoms with van der Waals surface area (Å²) in [5, 5.41) is 8.77. The van der Waals surface area contributed by atoms with Crippen LogP contribution < -0.4 is 0 Å². The molecule has 6 nitrogen and oxygen atoms in total. The minimum Gasteiger partial charge on any atom is -0.480 e. The second-order valence-electron chi connectivity index (χ2n) is 4.48. The second-order valence-corrected chi connectivity index (χ2v) is 4.48. The topological polar surface area (TPSA) is 77.9 Å². The van der Waals surface area contributed by atoms with Gasteiger partial charge in [-0.05, 0) is 12.1 Å². The van der Waals surface area contributed by atoms with Crippen LogP contribution in [-0.2, 0) is 9.59 Å². The first-order valence-electron chi connectivity index (χ1n) is 6.36. The maximum Gasteiger partial charge on any atom is 0.323 e. The van der Waals surface area contributed by atoms with Crippen molar-refractivity contribution in [2.75, 3.05) is 26.7 Å². The van der Waals surface area contributed by atoms with Crippen molar-refractivity contribution in [1.82, 2.24) is 9.80 Å². The lowest BCUT2D eigenvalue weighted by atomic mass is 10.2. The largest absolute Gasteiger partial charge is 0.480 e. The van der Waals surface area contributed by atoms with Crippen molar-refractivity contribution in [2.45, 2.75) is 0 Å². The van der Waals surface area contributed by atoms with Crippen molar-refractivity contribution in [3.8, 4) is 0 Å². The van der Waals surface area contributed by atoms with E-state index in [2.05, 4.69) is 6.58 Å². The van der Waals surface area contributed by atoms with Crippen LogP contribution in [0.1, 0.15) is 10.4 Å². The number of hydrogen-bond donors (Lipinski definition) is 1. The molecule has 0 saturated heterocycles. The van der Waals surface area contributed by atoms with Gasteiger partial charge in [-0.3, -0.25) is 14.4 Å². The summed E-state index contributed by atoms with van der Waals surface area (Å²) in [4.78, 5) is 37.2. The standard InChI is InChI=1S/C15H18N2O4/c1-3-9-17(11-14(19)20)13(18)10-16(2)15(21)12-7-5-4-6-8-12/h3-8H,1,9-11H2,2H3,(H,19,20). The van der Waals surface area contributed by atoms with E-state index in [9.17, 15) is 14.4 Å². The predicted molar refractivity (Wildman–Crippen MR) is 77.8 cm³/mol. The first-order chi connectivity index (χ1) is 9.95. The number of hydrogen-bond acceptors (Lipinski definition) is 3. The van der Waals surface area contributed by atoms with E-state index in [0.717, 1.165) is 4.90 Å². The van der Waals surface area contributed by atoms with Gasteiger partial charge in [-0.1, -0.05) is 24.3 Å². The first-order valence-corrected chi connectivity index (χ1v) is 6.36. The van der Waals surface area contributed by atoms with Crippen molar-refractivity contribution >= 4 is 17.8 Å². The average molecular weight is 290 g/mol. The van der Waals surface area contributed by atoms with Gasteiger partial charge in [0, 0.05) is 19.2 Å². The Morgan fingerprint density at radius 3 is 2.33 bits per heavy atom. The maximum absolute atomic E-state index is 12.1. The van der Waals surface area contributed by atoms with E-state index in [1.165, 1.54) is 18.0 Å². The molecule has 0 heterocycles. The molecule has 0 aliphatic heterocycles. The number of likely N-dealkylation sites (N-methyl/N-ethyl adjacent to an activating group) is 1. The molecule has 2 amide bonds. The second kappa shape index (κ2) is 7.84. The van der Waals surface area contributed by atoms with Gasteiger partial charge in [-0.2, -0.15) is 0 Å². The van der Waals surface area contributed by atoms with Gasteiger partial charge in [0.15, 0.2) is 0 Å². The number of nitrogens with zero attached hydrogens (tertiary/aromatic N) is 2. The normalized spacial score (nSPS) is 9.76. The molecule has 0 saturated carbocycles. The molecule has 1 aromatic carbocycles. The van der Waals surface area contributed by atoms with Crippen molar-refractivity contribution in [3.63, 3.8) is 0 Å². The third kappa shape index (κ3) is 5.10. The quantitative estimate of drug-likeness (QED) is 0.755. The van der Waals surface area contributed by atoms with Gasteiger partial charge in [0.2, 0.25) is 5.91 Å². The lowest BCUT2D eigenvalue weighted by Gasteiger charge is -2.23. The smallest absolute Gasteiger partial charge is 0.323 e. The molecule has 21 heavy (non-hydrogen) atoms. The summed E-state index contributed by atoms with van der Waals surface area (Å²) in [5.74, 6) is -1.84. The number of carbonyl (C=O) groups excluding carboxylic acids is 2. The van der Waals surface area contributed by atoms with Gasteiger partial charge >= 0.3 is 5.97 Å². The maximum atomic E-state index is 12.1. The molecule has 0 bridgehead atoms. The summed E-state index contributed by atoms with van der Waals surface area (Å²) in [5.41, 5.74) is 0.473. The van der Waals surface area contributed by atoms with Crippen LogP contribution in [0.25, 0.3) is 0 Å². The summed E-state index contributed by atoms with van der Waals surface area (Å²) in [6.07, 6.45) is 1.44. The lowest BCUT2D eigenvalue weighted by molar-refractivity contribution is -0.144. The van der Waals surface area contributed by atoms with Gasteiger partial charge in [0.1, 0.15) is 6.54 Å². The van der Waals surface area contributed by atoms with Gasteiger partial charge in [-0.25, -0.2) is 0 Å². The monoisotopic (exact) mass is 290 g/mol. The van der Waals surface area contributed by atoms with Crippen LogP contribution in [0.5, 0.6) is 0 Å². The first kappa shape index (κ1) is 16.4. The van der Waals surface area contributed by atoms with Crippen molar-refractivity contribution in [2.24, 2.45) is 0 Å². The van der Waals surface area contributed by atoms with Crippen LogP contribution in [-0.4, -0.2) is 59.4 Å². The number of rotatable bonds is 7. The van der Waals surface area contributed by atoms with Crippen molar-refractivity contribution in [1.29, 1.82) is 0 Å². The van der Waals surface area contributed by atoms with Gasteiger partial charge < -0.3 is 14.9 Å². The highest BCUT2D eigenvalue weighted by Gasteiger charge is 2.20. The molecular weight excluding hydrogens is 272 g/mol. The highest BCUT2D eigenvalue weighted by atomic mass is 16.4. The van der Waals surface area contributed by atoms with Crippen molar-refractivity contribution in [3.05, 3.63) is 48.6 Å². The van der Waals surface area contributed by atoms with Crippen LogP contribution in [0.2, 0.25) is 0 Å². The minimum atomic E-state index is -1.11. The summed E-state index contributed by atoms with van der Waals surface area (Å²) in [6.45, 7) is 3.00. The van der Waals surface area contributed by atoms with Gasteiger partial charge in [0.05, 0.1) is 6.54 Å². The Balaban J connectivity index is 2.69. The molecule has 0 radical (unpaired) electrons. The van der Waals surface area contributed by atoms with Gasteiger partial charge in [0.25, 0.3) is 5.91 Å². The zero-order chi connectivity index (χ0) is 15.8. The Labute approximate surface area is 123 Å². The number of carboxylic acid groups (broad SMARTS) is 1. The fourth-order valence-corrected chi connectivity index (χ4v) is 1.75. The molecule has 1 aromatic rings. The zero-order valence-corrected chi connectivity index (χ0v) is 11.9. The molecule has 0 fully saturated rings. The van der Waals surface area contributed by atoms with Crippen LogP contribution in [0, 0.1) is 0 Å². The average Bonchev–Trinajstić information content (AvgIpc) is 2.46. The Morgan fingerprint density at radius 2 is 1.81 bits per heavy atom. The third-order valence-electron chi connectivity index (χ3n) is 2.77. The van der Waals surface area contributed by atoms with Gasteiger partial charge in [-0.15, -0.1) is 6.58 Å². The Hall–Kier alpha value is -2.63. The zero-order valence-electron chi connectivity index (χ0n) is 11.9. The van der Waals surface area contributed by atoms with Crippen LogP contribution >= 0.6 is 0 Å². The van der Waals surface area contributed by atoms with E-state index in [-0.39, 0.29) is 19.0 Å². The molecule has 1 rings (SSSR count). The summed E-state index contributed by atoms with van der Waals surface area (Å²) < 4.78 is 0. The lowest BCUT2D eigenvalue weighted by Crippen LogP contribution is -2.43. The molecule has 0 aromatic heterocycles. The molecule has 0 spiro atoms. The molecule has 0 atom stereocenters. The van der Waals surface area contributed by atoms with E-state index in [0.29, 0.717) is 5.56 Å². The number of aliphatic carboxylic acids is 1. The number of carbonyl (C=O) groups is 3. The Kier molecular flexibility index (Phi) is 6.13. The highest BCUT2D eigenvalue weighted by Crippen LogP contribution is 2.03. The third-order valence-corrected chi connectivity index (χ3v) is 2.77. The summed E-state index contributed by atoms with van der Waals surface area (Å²) in [7, 11) is 1.50. The SMILES string of the molecule is C=CCN(CC(=O)O)C(=O)CN(C)C(=O)c1ccccc1. The summed E-state index contributed by atoms with van der Waals surface area (Å²) >= 11 is 0. The molecule has 1 N–H and O–H groups in total. The van der Waals surface area contributed by atoms with E-state index < -0.39 is 18.4 Å². The van der Waals surface area contributed by atoms with E-state index in [1.54, 1.807) is 30.3 Å². The fourth-order valence-electron chi connectivity index (χ4n) is 1.75. The molecule has 0 unspecified atom stereocenters. The summed E-state index contributed by atoms with van der Waals surface area (Å²) in [6, 6.07) is 8.57. The Bertz CT molecular complexity index is 528. The van der Waals surface area contributed by atoms with Crippen molar-refractivity contribution < 1.29 is 19.5 Å².